The molecule has 4 nitrogen and oxygen atoms in total. The monoisotopic (exact) mass is 307 g/mol. The van der Waals surface area contributed by atoms with Crippen molar-refractivity contribution in [1.29, 1.82) is 0 Å². The molecule has 0 unspecified atom stereocenters. The van der Waals surface area contributed by atoms with E-state index in [0.29, 0.717) is 0 Å². The van der Waals surface area contributed by atoms with E-state index in [1.165, 1.54) is 0 Å². The molecule has 2 aromatic heterocycles. The Hall–Kier alpha value is -2.66. The van der Waals surface area contributed by atoms with E-state index < -0.39 is 0 Å². The van der Waals surface area contributed by atoms with Crippen LogP contribution in [0.3, 0.4) is 0 Å². The maximum atomic E-state index is 5.20. The van der Waals surface area contributed by atoms with E-state index in [0.717, 1.165) is 32.5 Å². The molecule has 2 heterocycles. The summed E-state index contributed by atoms with van der Waals surface area (Å²) in [5.74, 6) is 0.841. The lowest BCUT2D eigenvalue weighted by molar-refractivity contribution is 0.415. The Kier molecular flexibility index (Phi) is 3.12. The Bertz CT molecular complexity index is 910. The van der Waals surface area contributed by atoms with Crippen molar-refractivity contribution in [1.82, 2.24) is 14.6 Å². The summed E-state index contributed by atoms with van der Waals surface area (Å²) in [6.45, 7) is 0. The lowest BCUT2D eigenvalue weighted by atomic mass is 10.2. The quantitative estimate of drug-likeness (QED) is 0.571. The van der Waals surface area contributed by atoms with Crippen molar-refractivity contribution in [3.8, 4) is 27.6 Å². The topological polar surface area (TPSA) is 39.4 Å². The number of methoxy groups -OCH3 is 1. The Labute approximate surface area is 131 Å². The molecule has 0 saturated heterocycles. The molecule has 0 aliphatic heterocycles. The zero-order valence-corrected chi connectivity index (χ0v) is 12.7. The van der Waals surface area contributed by atoms with Gasteiger partial charge in [0.05, 0.1) is 19.0 Å². The third kappa shape index (κ3) is 2.16. The van der Waals surface area contributed by atoms with Gasteiger partial charge in [0.25, 0.3) is 0 Å². The van der Waals surface area contributed by atoms with Gasteiger partial charge in [0, 0.05) is 11.1 Å². The highest BCUT2D eigenvalue weighted by atomic mass is 32.1. The highest BCUT2D eigenvalue weighted by Gasteiger charge is 2.12. The molecule has 0 fully saturated rings. The van der Waals surface area contributed by atoms with Gasteiger partial charge < -0.3 is 4.74 Å². The van der Waals surface area contributed by atoms with E-state index in [1.54, 1.807) is 18.4 Å². The van der Waals surface area contributed by atoms with E-state index in [2.05, 4.69) is 17.1 Å². The number of hydrogen-bond acceptors (Lipinski definition) is 4. The van der Waals surface area contributed by atoms with E-state index in [9.17, 15) is 0 Å². The molecule has 0 aliphatic carbocycles. The second kappa shape index (κ2) is 5.27. The van der Waals surface area contributed by atoms with Crippen LogP contribution in [0.1, 0.15) is 0 Å². The van der Waals surface area contributed by atoms with Gasteiger partial charge in [0.15, 0.2) is 0 Å². The summed E-state index contributed by atoms with van der Waals surface area (Å²) in [6, 6.07) is 18.1. The molecule has 0 saturated carbocycles. The lowest BCUT2D eigenvalue weighted by Gasteiger charge is -2.01. The van der Waals surface area contributed by atoms with Crippen LogP contribution in [0.25, 0.3) is 26.8 Å². The zero-order chi connectivity index (χ0) is 14.9. The minimum Gasteiger partial charge on any atom is -0.497 e. The average Bonchev–Trinajstić information content (AvgIpc) is 3.16. The highest BCUT2D eigenvalue weighted by Crippen LogP contribution is 2.29. The zero-order valence-electron chi connectivity index (χ0n) is 11.9. The molecule has 2 aromatic carbocycles. The van der Waals surface area contributed by atoms with Gasteiger partial charge in [-0.1, -0.05) is 41.7 Å². The number of aromatic nitrogens is 3. The van der Waals surface area contributed by atoms with Crippen molar-refractivity contribution in [3.63, 3.8) is 0 Å². The van der Waals surface area contributed by atoms with Gasteiger partial charge in [0.2, 0.25) is 4.96 Å². The smallest absolute Gasteiger partial charge is 0.213 e. The minimum atomic E-state index is 0.841. The predicted molar refractivity (Wildman–Crippen MR) is 88.3 cm³/mol. The molecule has 4 rings (SSSR count). The van der Waals surface area contributed by atoms with Gasteiger partial charge >= 0.3 is 0 Å². The number of ether oxygens (including phenoxy) is 1. The molecule has 22 heavy (non-hydrogen) atoms. The van der Waals surface area contributed by atoms with Gasteiger partial charge in [-0.15, -0.1) is 0 Å². The first-order valence-corrected chi connectivity index (χ1v) is 7.71. The van der Waals surface area contributed by atoms with Gasteiger partial charge in [0.1, 0.15) is 10.8 Å². The summed E-state index contributed by atoms with van der Waals surface area (Å²) in [6.07, 6.45) is 1.86. The van der Waals surface area contributed by atoms with Crippen LogP contribution in [0.2, 0.25) is 0 Å². The molecule has 0 amide bonds. The van der Waals surface area contributed by atoms with Gasteiger partial charge in [-0.05, 0) is 24.3 Å². The van der Waals surface area contributed by atoms with Gasteiger partial charge in [-0.25, -0.2) is 9.50 Å². The largest absolute Gasteiger partial charge is 0.497 e. The summed E-state index contributed by atoms with van der Waals surface area (Å²) in [5.41, 5.74) is 3.16. The van der Waals surface area contributed by atoms with Gasteiger partial charge in [-0.3, -0.25) is 0 Å². The first-order valence-electron chi connectivity index (χ1n) is 6.89. The van der Waals surface area contributed by atoms with Crippen molar-refractivity contribution < 1.29 is 4.74 Å². The Morgan fingerprint density at radius 2 is 1.73 bits per heavy atom. The number of fused-ring (bicyclic) bond motifs is 1. The standard InChI is InChI=1S/C17H13N3OS/c1-21-14-9-7-12(8-10-14)15-11-18-17-20(15)19-16(22-17)13-5-3-2-4-6-13/h2-11H,1H3. The SMILES string of the molecule is COc1ccc(-c2cnc3sc(-c4ccccc4)nn23)cc1. The van der Waals surface area contributed by atoms with E-state index >= 15 is 0 Å². The normalized spacial score (nSPS) is 11.0. The third-order valence-corrected chi connectivity index (χ3v) is 4.46. The van der Waals surface area contributed by atoms with Crippen LogP contribution in [-0.2, 0) is 0 Å². The Balaban J connectivity index is 1.80. The van der Waals surface area contributed by atoms with Crippen LogP contribution in [0.15, 0.2) is 60.8 Å². The molecule has 0 spiro atoms. The first kappa shape index (κ1) is 13.0. The summed E-state index contributed by atoms with van der Waals surface area (Å²) in [4.78, 5) is 5.36. The lowest BCUT2D eigenvalue weighted by Crippen LogP contribution is -1.89. The van der Waals surface area contributed by atoms with Crippen molar-refractivity contribution in [3.05, 3.63) is 60.8 Å². The summed E-state index contributed by atoms with van der Waals surface area (Å²) >= 11 is 1.59. The predicted octanol–water partition coefficient (Wildman–Crippen LogP) is 4.13. The van der Waals surface area contributed by atoms with Crippen LogP contribution in [-0.4, -0.2) is 21.7 Å². The fourth-order valence-corrected chi connectivity index (χ4v) is 3.23. The summed E-state index contributed by atoms with van der Waals surface area (Å²) < 4.78 is 7.10. The van der Waals surface area contributed by atoms with E-state index in [-0.39, 0.29) is 0 Å². The van der Waals surface area contributed by atoms with E-state index in [1.807, 2.05) is 53.2 Å². The van der Waals surface area contributed by atoms with Crippen molar-refractivity contribution in [2.75, 3.05) is 7.11 Å². The molecular formula is C17H13N3OS. The van der Waals surface area contributed by atoms with Gasteiger partial charge in [-0.2, -0.15) is 5.10 Å². The Morgan fingerprint density at radius 1 is 0.955 bits per heavy atom. The fourth-order valence-electron chi connectivity index (χ4n) is 2.35. The third-order valence-electron chi connectivity index (χ3n) is 3.49. The summed E-state index contributed by atoms with van der Waals surface area (Å²) in [5, 5.41) is 5.67. The number of benzene rings is 2. The molecule has 0 N–H and O–H groups in total. The summed E-state index contributed by atoms with van der Waals surface area (Å²) in [7, 11) is 1.67. The minimum absolute atomic E-state index is 0.841. The maximum absolute atomic E-state index is 5.20. The number of nitrogens with zero attached hydrogens (tertiary/aromatic N) is 3. The molecular weight excluding hydrogens is 294 g/mol. The number of hydrogen-bond donors (Lipinski definition) is 0. The maximum Gasteiger partial charge on any atom is 0.213 e. The molecule has 5 heteroatoms. The molecule has 0 bridgehead atoms. The highest BCUT2D eigenvalue weighted by molar-refractivity contribution is 7.19. The van der Waals surface area contributed by atoms with Crippen LogP contribution in [0.5, 0.6) is 5.75 Å². The molecule has 0 radical (unpaired) electrons. The van der Waals surface area contributed by atoms with Crippen LogP contribution in [0, 0.1) is 0 Å². The average molecular weight is 307 g/mol. The van der Waals surface area contributed by atoms with Crippen LogP contribution < -0.4 is 4.74 Å². The van der Waals surface area contributed by atoms with Crippen molar-refractivity contribution >= 4 is 16.3 Å². The van der Waals surface area contributed by atoms with Crippen LogP contribution in [0.4, 0.5) is 0 Å². The van der Waals surface area contributed by atoms with E-state index in [4.69, 9.17) is 9.84 Å². The van der Waals surface area contributed by atoms with Crippen molar-refractivity contribution in [2.45, 2.75) is 0 Å². The fraction of sp³-hybridized carbons (Fsp3) is 0.0588. The molecule has 0 atom stereocenters. The second-order valence-corrected chi connectivity index (χ2v) is 5.80. The van der Waals surface area contributed by atoms with Crippen LogP contribution >= 0.6 is 11.3 Å². The molecule has 108 valence electrons. The number of rotatable bonds is 3. The number of imidazole rings is 1. The first-order chi connectivity index (χ1) is 10.8. The molecule has 4 aromatic rings. The second-order valence-electron chi connectivity index (χ2n) is 4.84. The Morgan fingerprint density at radius 3 is 2.45 bits per heavy atom. The van der Waals surface area contributed by atoms with Crippen molar-refractivity contribution in [2.24, 2.45) is 0 Å². The molecule has 0 aliphatic rings.